The van der Waals surface area contributed by atoms with Gasteiger partial charge in [0.2, 0.25) is 0 Å². The summed E-state index contributed by atoms with van der Waals surface area (Å²) in [5.74, 6) is 1.06. The van der Waals surface area contributed by atoms with Crippen molar-refractivity contribution in [3.8, 4) is 5.75 Å². The van der Waals surface area contributed by atoms with Gasteiger partial charge in [-0.3, -0.25) is 4.90 Å². The summed E-state index contributed by atoms with van der Waals surface area (Å²) in [5.41, 5.74) is 1.32. The van der Waals surface area contributed by atoms with Crippen LogP contribution in [0, 0.1) is 3.57 Å². The molecule has 94 valence electrons. The van der Waals surface area contributed by atoms with Crippen LogP contribution in [0.15, 0.2) is 18.2 Å². The van der Waals surface area contributed by atoms with Gasteiger partial charge in [-0.15, -0.1) is 0 Å². The lowest BCUT2D eigenvalue weighted by molar-refractivity contribution is 0.236. The molecule has 2 nitrogen and oxygen atoms in total. The summed E-state index contributed by atoms with van der Waals surface area (Å²) < 4.78 is 7.18. The molecule has 0 radical (unpaired) electrons. The third kappa shape index (κ3) is 3.85. The van der Waals surface area contributed by atoms with Gasteiger partial charge in [0.1, 0.15) is 12.4 Å². The van der Waals surface area contributed by atoms with Gasteiger partial charge in [-0.05, 0) is 78.7 Å². The van der Waals surface area contributed by atoms with E-state index in [2.05, 4.69) is 52.6 Å². The lowest BCUT2D eigenvalue weighted by atomic mass is 10.1. The molecule has 0 amide bonds. The molecule has 0 spiro atoms. The fourth-order valence-corrected chi connectivity index (χ4v) is 2.81. The average molecular weight is 345 g/mol. The maximum atomic E-state index is 5.90. The Morgan fingerprint density at radius 3 is 2.76 bits per heavy atom. The van der Waals surface area contributed by atoms with E-state index in [-0.39, 0.29) is 0 Å². The summed E-state index contributed by atoms with van der Waals surface area (Å²) in [5, 5.41) is 0. The molecule has 0 atom stereocenters. The van der Waals surface area contributed by atoms with Crippen LogP contribution >= 0.6 is 22.6 Å². The fourth-order valence-electron chi connectivity index (χ4n) is 2.26. The number of hydrogen-bond donors (Lipinski definition) is 0. The predicted molar refractivity (Wildman–Crippen MR) is 79.7 cm³/mol. The van der Waals surface area contributed by atoms with Crippen LogP contribution in [-0.4, -0.2) is 31.1 Å². The van der Waals surface area contributed by atoms with Crippen LogP contribution in [0.4, 0.5) is 0 Å². The number of benzene rings is 1. The predicted octanol–water partition coefficient (Wildman–Crippen LogP) is 3.33. The molecule has 0 aliphatic carbocycles. The first-order valence-corrected chi connectivity index (χ1v) is 7.51. The van der Waals surface area contributed by atoms with E-state index in [4.69, 9.17) is 4.74 Å². The van der Waals surface area contributed by atoms with Crippen molar-refractivity contribution in [3.05, 3.63) is 27.3 Å². The normalized spacial score (nSPS) is 16.4. The number of hydrogen-bond acceptors (Lipinski definition) is 2. The first kappa shape index (κ1) is 13.1. The van der Waals surface area contributed by atoms with E-state index in [0.717, 1.165) is 25.3 Å². The van der Waals surface area contributed by atoms with Crippen molar-refractivity contribution in [1.82, 2.24) is 4.90 Å². The monoisotopic (exact) mass is 345 g/mol. The molecule has 17 heavy (non-hydrogen) atoms. The minimum absolute atomic E-state index is 0.813. The van der Waals surface area contributed by atoms with Crippen LogP contribution in [0.1, 0.15) is 25.3 Å². The van der Waals surface area contributed by atoms with Gasteiger partial charge in [-0.1, -0.05) is 6.92 Å². The number of likely N-dealkylation sites (tertiary alicyclic amines) is 1. The molecule has 0 saturated carbocycles. The van der Waals surface area contributed by atoms with Crippen molar-refractivity contribution in [3.63, 3.8) is 0 Å². The van der Waals surface area contributed by atoms with Gasteiger partial charge in [0, 0.05) is 10.1 Å². The van der Waals surface area contributed by atoms with Gasteiger partial charge in [-0.2, -0.15) is 0 Å². The highest BCUT2D eigenvalue weighted by molar-refractivity contribution is 14.1. The largest absolute Gasteiger partial charge is 0.492 e. The molecule has 1 aliphatic rings. The maximum Gasteiger partial charge on any atom is 0.122 e. The third-order valence-electron chi connectivity index (χ3n) is 3.27. The second kappa shape index (κ2) is 6.59. The second-order valence-electron chi connectivity index (χ2n) is 4.50. The van der Waals surface area contributed by atoms with Gasteiger partial charge >= 0.3 is 0 Å². The van der Waals surface area contributed by atoms with Gasteiger partial charge in [0.05, 0.1) is 0 Å². The molecule has 1 aliphatic heterocycles. The number of rotatable bonds is 5. The molecule has 0 unspecified atom stereocenters. The molecule has 1 saturated heterocycles. The zero-order valence-corrected chi connectivity index (χ0v) is 12.6. The van der Waals surface area contributed by atoms with Gasteiger partial charge in [-0.25, -0.2) is 0 Å². The minimum atomic E-state index is 0.813. The summed E-state index contributed by atoms with van der Waals surface area (Å²) in [4.78, 5) is 2.48. The highest BCUT2D eigenvalue weighted by Gasteiger charge is 2.11. The Hall–Kier alpha value is -0.290. The molecule has 2 rings (SSSR count). The van der Waals surface area contributed by atoms with E-state index < -0.39 is 0 Å². The lowest BCUT2D eigenvalue weighted by Gasteiger charge is -2.16. The minimum Gasteiger partial charge on any atom is -0.492 e. The summed E-state index contributed by atoms with van der Waals surface area (Å²) in [6.45, 7) is 6.55. The SMILES string of the molecule is CCc1cc(I)ccc1OCCN1CCCC1. The Morgan fingerprint density at radius 2 is 2.06 bits per heavy atom. The number of nitrogens with zero attached hydrogens (tertiary/aromatic N) is 1. The third-order valence-corrected chi connectivity index (χ3v) is 3.94. The fraction of sp³-hybridized carbons (Fsp3) is 0.571. The van der Waals surface area contributed by atoms with Crippen LogP contribution in [-0.2, 0) is 6.42 Å². The lowest BCUT2D eigenvalue weighted by Crippen LogP contribution is -2.25. The standard InChI is InChI=1S/C14H20INO/c1-2-12-11-13(15)5-6-14(12)17-10-9-16-7-3-4-8-16/h5-6,11H,2-4,7-10H2,1H3. The zero-order valence-electron chi connectivity index (χ0n) is 10.4. The molecule has 0 aromatic heterocycles. The molecule has 1 heterocycles. The van der Waals surface area contributed by atoms with Crippen molar-refractivity contribution < 1.29 is 4.74 Å². The van der Waals surface area contributed by atoms with E-state index in [9.17, 15) is 0 Å². The van der Waals surface area contributed by atoms with E-state index in [1.807, 2.05) is 0 Å². The van der Waals surface area contributed by atoms with E-state index in [1.54, 1.807) is 0 Å². The molecule has 3 heteroatoms. The Labute approximate surface area is 117 Å². The Morgan fingerprint density at radius 1 is 1.29 bits per heavy atom. The van der Waals surface area contributed by atoms with Crippen molar-refractivity contribution in [2.75, 3.05) is 26.2 Å². The molecule has 0 N–H and O–H groups in total. The summed E-state index contributed by atoms with van der Waals surface area (Å²) in [6, 6.07) is 6.43. The topological polar surface area (TPSA) is 12.5 Å². The smallest absolute Gasteiger partial charge is 0.122 e. The molecule has 1 aromatic carbocycles. The molecule has 0 bridgehead atoms. The Kier molecular flexibility index (Phi) is 5.10. The van der Waals surface area contributed by atoms with Crippen LogP contribution in [0.2, 0.25) is 0 Å². The molecular formula is C14H20INO. The van der Waals surface area contributed by atoms with Gasteiger partial charge in [0.25, 0.3) is 0 Å². The van der Waals surface area contributed by atoms with Crippen molar-refractivity contribution in [2.24, 2.45) is 0 Å². The first-order chi connectivity index (χ1) is 8.29. The number of ether oxygens (including phenoxy) is 1. The maximum absolute atomic E-state index is 5.90. The second-order valence-corrected chi connectivity index (χ2v) is 5.75. The van der Waals surface area contributed by atoms with Crippen molar-refractivity contribution >= 4 is 22.6 Å². The van der Waals surface area contributed by atoms with E-state index in [0.29, 0.717) is 0 Å². The van der Waals surface area contributed by atoms with Crippen LogP contribution in [0.3, 0.4) is 0 Å². The molecule has 1 aromatic rings. The zero-order chi connectivity index (χ0) is 12.1. The molecule has 1 fully saturated rings. The summed E-state index contributed by atoms with van der Waals surface area (Å²) in [7, 11) is 0. The average Bonchev–Trinajstić information content (AvgIpc) is 2.84. The van der Waals surface area contributed by atoms with Crippen LogP contribution < -0.4 is 4.74 Å². The summed E-state index contributed by atoms with van der Waals surface area (Å²) in [6.07, 6.45) is 3.74. The van der Waals surface area contributed by atoms with Crippen molar-refractivity contribution in [2.45, 2.75) is 26.2 Å². The summed E-state index contributed by atoms with van der Waals surface area (Å²) >= 11 is 2.35. The van der Waals surface area contributed by atoms with E-state index in [1.165, 1.54) is 35.1 Å². The van der Waals surface area contributed by atoms with Gasteiger partial charge < -0.3 is 4.74 Å². The van der Waals surface area contributed by atoms with Crippen LogP contribution in [0.25, 0.3) is 0 Å². The van der Waals surface area contributed by atoms with Crippen LogP contribution in [0.5, 0.6) is 5.75 Å². The number of halogens is 1. The van der Waals surface area contributed by atoms with E-state index >= 15 is 0 Å². The number of aryl methyl sites for hydroxylation is 1. The quantitative estimate of drug-likeness (QED) is 0.759. The highest BCUT2D eigenvalue weighted by atomic mass is 127. The van der Waals surface area contributed by atoms with Crippen molar-refractivity contribution in [1.29, 1.82) is 0 Å². The Balaban J connectivity index is 1.85. The highest BCUT2D eigenvalue weighted by Crippen LogP contribution is 2.21. The van der Waals surface area contributed by atoms with Gasteiger partial charge in [0.15, 0.2) is 0 Å². The first-order valence-electron chi connectivity index (χ1n) is 6.43. The molecular weight excluding hydrogens is 325 g/mol. The Bertz CT molecular complexity index is 361.